The summed E-state index contributed by atoms with van der Waals surface area (Å²) < 4.78 is 18.6. The van der Waals surface area contributed by atoms with Crippen LogP contribution in [0.15, 0.2) is 30.4 Å². The highest BCUT2D eigenvalue weighted by atomic mass is 19.1. The van der Waals surface area contributed by atoms with Crippen LogP contribution in [-0.4, -0.2) is 37.0 Å². The minimum atomic E-state index is -0.383. The number of ether oxygens (including phenoxy) is 1. The molecule has 4 nitrogen and oxygen atoms in total. The zero-order chi connectivity index (χ0) is 15.2. The summed E-state index contributed by atoms with van der Waals surface area (Å²) in [5.41, 5.74) is 1.74. The molecular formula is C16H21FN2O2. The van der Waals surface area contributed by atoms with E-state index in [1.165, 1.54) is 23.8 Å². The van der Waals surface area contributed by atoms with E-state index in [-0.39, 0.29) is 11.7 Å². The molecule has 5 heteroatoms. The van der Waals surface area contributed by atoms with E-state index in [1.807, 2.05) is 6.92 Å². The molecule has 0 atom stereocenters. The summed E-state index contributed by atoms with van der Waals surface area (Å²) >= 11 is 0. The average Bonchev–Trinajstić information content (AvgIpc) is 2.45. The molecule has 0 unspecified atom stereocenters. The fraction of sp³-hybridized carbons (Fsp3) is 0.438. The highest BCUT2D eigenvalue weighted by Gasteiger charge is 2.16. The molecule has 21 heavy (non-hydrogen) atoms. The number of amides is 1. The largest absolute Gasteiger partial charge is 0.492 e. The van der Waals surface area contributed by atoms with E-state index in [9.17, 15) is 9.18 Å². The molecule has 1 aliphatic rings. The molecule has 0 aliphatic carbocycles. The Labute approximate surface area is 124 Å². The Morgan fingerprint density at radius 1 is 1.43 bits per heavy atom. The Bertz CT molecular complexity index is 521. The first kappa shape index (κ1) is 15.5. The van der Waals surface area contributed by atoms with Gasteiger partial charge in [-0.15, -0.1) is 0 Å². The number of likely N-dealkylation sites (tertiary alicyclic amines) is 1. The molecule has 114 valence electrons. The third kappa shape index (κ3) is 4.56. The van der Waals surface area contributed by atoms with E-state index in [0.717, 1.165) is 25.9 Å². The van der Waals surface area contributed by atoms with Gasteiger partial charge in [0.2, 0.25) is 5.91 Å². The van der Waals surface area contributed by atoms with E-state index in [0.29, 0.717) is 24.6 Å². The minimum absolute atomic E-state index is 0.116. The molecule has 0 radical (unpaired) electrons. The van der Waals surface area contributed by atoms with Crippen molar-refractivity contribution in [1.29, 1.82) is 0 Å². The Hall–Kier alpha value is -1.88. The summed E-state index contributed by atoms with van der Waals surface area (Å²) in [6, 6.07) is 4.11. The van der Waals surface area contributed by atoms with Crippen LogP contribution in [-0.2, 0) is 4.79 Å². The Morgan fingerprint density at radius 2 is 2.14 bits per heavy atom. The normalized spacial score (nSPS) is 15.8. The summed E-state index contributed by atoms with van der Waals surface area (Å²) in [7, 11) is 0. The van der Waals surface area contributed by atoms with E-state index >= 15 is 0 Å². The second kappa shape index (κ2) is 7.22. The number of hydrogen-bond acceptors (Lipinski definition) is 3. The highest BCUT2D eigenvalue weighted by Crippen LogP contribution is 2.25. The van der Waals surface area contributed by atoms with Gasteiger partial charge in [-0.1, -0.05) is 12.2 Å². The van der Waals surface area contributed by atoms with Crippen LogP contribution < -0.4 is 10.1 Å². The lowest BCUT2D eigenvalue weighted by atomic mass is 10.1. The number of carbonyl (C=O) groups is 1. The molecule has 1 heterocycles. The molecule has 1 aromatic rings. The van der Waals surface area contributed by atoms with Crippen molar-refractivity contribution in [3.8, 4) is 5.75 Å². The summed E-state index contributed by atoms with van der Waals surface area (Å²) in [4.78, 5) is 14.2. The van der Waals surface area contributed by atoms with Crippen LogP contribution in [0, 0.1) is 5.82 Å². The number of nitrogens with one attached hydrogen (secondary N) is 1. The van der Waals surface area contributed by atoms with Gasteiger partial charge in [-0.3, -0.25) is 9.69 Å². The Balaban J connectivity index is 1.94. The smallest absolute Gasteiger partial charge is 0.238 e. The average molecular weight is 292 g/mol. The summed E-state index contributed by atoms with van der Waals surface area (Å²) in [5.74, 6) is -0.140. The van der Waals surface area contributed by atoms with Gasteiger partial charge >= 0.3 is 0 Å². The first-order chi connectivity index (χ1) is 10.1. The fourth-order valence-corrected chi connectivity index (χ4v) is 2.29. The Kier molecular flexibility index (Phi) is 5.33. The van der Waals surface area contributed by atoms with E-state index < -0.39 is 0 Å². The monoisotopic (exact) mass is 292 g/mol. The third-order valence-corrected chi connectivity index (χ3v) is 3.45. The van der Waals surface area contributed by atoms with Crippen LogP contribution in [0.25, 0.3) is 0 Å². The molecule has 0 saturated carbocycles. The first-order valence-electron chi connectivity index (χ1n) is 7.19. The lowest BCUT2D eigenvalue weighted by Gasteiger charge is -2.27. The number of carbonyl (C=O) groups excluding carboxylic acids is 1. The standard InChI is InChI=1S/C16H21FN2O2/c1-3-21-15-10-13(17)4-5-14(15)18-16(20)11-19-8-6-12(2)7-9-19/h4-5,10H,2-3,6-9,11H2,1H3,(H,18,20). The quantitative estimate of drug-likeness (QED) is 0.849. The van der Waals surface area contributed by atoms with Crippen molar-refractivity contribution in [2.24, 2.45) is 0 Å². The molecular weight excluding hydrogens is 271 g/mol. The predicted molar refractivity (Wildman–Crippen MR) is 81.0 cm³/mol. The molecule has 0 bridgehead atoms. The fourth-order valence-electron chi connectivity index (χ4n) is 2.29. The van der Waals surface area contributed by atoms with Crippen molar-refractivity contribution in [3.63, 3.8) is 0 Å². The predicted octanol–water partition coefficient (Wildman–Crippen LogP) is 2.81. The molecule has 1 N–H and O–H groups in total. The van der Waals surface area contributed by atoms with Crippen LogP contribution in [0.5, 0.6) is 5.75 Å². The molecule has 0 spiro atoms. The maximum atomic E-state index is 13.2. The van der Waals surface area contributed by atoms with E-state index in [2.05, 4.69) is 16.8 Å². The van der Waals surface area contributed by atoms with Gasteiger partial charge < -0.3 is 10.1 Å². The number of halogens is 1. The number of nitrogens with zero attached hydrogens (tertiary/aromatic N) is 1. The van der Waals surface area contributed by atoms with E-state index in [4.69, 9.17) is 4.74 Å². The molecule has 0 aromatic heterocycles. The summed E-state index contributed by atoms with van der Waals surface area (Å²) in [6.07, 6.45) is 1.88. The van der Waals surface area contributed by atoms with Crippen LogP contribution >= 0.6 is 0 Å². The second-order valence-corrected chi connectivity index (χ2v) is 5.15. The van der Waals surface area contributed by atoms with Crippen molar-refractivity contribution in [1.82, 2.24) is 4.90 Å². The summed E-state index contributed by atoms with van der Waals surface area (Å²) in [5, 5.41) is 2.79. The van der Waals surface area contributed by atoms with Crippen molar-refractivity contribution < 1.29 is 13.9 Å². The zero-order valence-corrected chi connectivity index (χ0v) is 12.3. The molecule has 2 rings (SSSR count). The van der Waals surface area contributed by atoms with E-state index in [1.54, 1.807) is 0 Å². The topological polar surface area (TPSA) is 41.6 Å². The van der Waals surface area contributed by atoms with Gasteiger partial charge in [-0.25, -0.2) is 4.39 Å². The lowest BCUT2D eigenvalue weighted by molar-refractivity contribution is -0.117. The SMILES string of the molecule is C=C1CCN(CC(=O)Nc2ccc(F)cc2OCC)CC1. The summed E-state index contributed by atoms with van der Waals surface area (Å²) in [6.45, 7) is 8.23. The number of anilines is 1. The van der Waals surface area contributed by atoms with Crippen molar-refractivity contribution in [2.45, 2.75) is 19.8 Å². The lowest BCUT2D eigenvalue weighted by Crippen LogP contribution is -2.37. The molecule has 1 amide bonds. The highest BCUT2D eigenvalue weighted by molar-refractivity contribution is 5.93. The van der Waals surface area contributed by atoms with Gasteiger partial charge in [0.15, 0.2) is 0 Å². The maximum absolute atomic E-state index is 13.2. The number of benzene rings is 1. The van der Waals surface area contributed by atoms with Crippen LogP contribution in [0.1, 0.15) is 19.8 Å². The molecule has 1 saturated heterocycles. The van der Waals surface area contributed by atoms with Gasteiger partial charge in [0.05, 0.1) is 18.8 Å². The zero-order valence-electron chi connectivity index (χ0n) is 12.3. The van der Waals surface area contributed by atoms with Gasteiger partial charge in [0.1, 0.15) is 11.6 Å². The second-order valence-electron chi connectivity index (χ2n) is 5.15. The van der Waals surface area contributed by atoms with Crippen LogP contribution in [0.3, 0.4) is 0 Å². The Morgan fingerprint density at radius 3 is 2.81 bits per heavy atom. The number of piperidine rings is 1. The van der Waals surface area contributed by atoms with Gasteiger partial charge in [0.25, 0.3) is 0 Å². The number of hydrogen-bond donors (Lipinski definition) is 1. The number of rotatable bonds is 5. The molecule has 1 aromatic carbocycles. The molecule has 1 fully saturated rings. The first-order valence-corrected chi connectivity index (χ1v) is 7.19. The van der Waals surface area contributed by atoms with Crippen molar-refractivity contribution in [2.75, 3.05) is 31.6 Å². The van der Waals surface area contributed by atoms with Gasteiger partial charge in [0, 0.05) is 19.2 Å². The van der Waals surface area contributed by atoms with Crippen LogP contribution in [0.4, 0.5) is 10.1 Å². The van der Waals surface area contributed by atoms with Gasteiger partial charge in [-0.2, -0.15) is 0 Å². The van der Waals surface area contributed by atoms with Crippen molar-refractivity contribution in [3.05, 3.63) is 36.2 Å². The van der Waals surface area contributed by atoms with Crippen LogP contribution in [0.2, 0.25) is 0 Å². The molecule has 1 aliphatic heterocycles. The maximum Gasteiger partial charge on any atom is 0.238 e. The minimum Gasteiger partial charge on any atom is -0.492 e. The van der Waals surface area contributed by atoms with Gasteiger partial charge in [-0.05, 0) is 31.9 Å². The third-order valence-electron chi connectivity index (χ3n) is 3.45. The van der Waals surface area contributed by atoms with Crippen molar-refractivity contribution >= 4 is 11.6 Å².